The predicted octanol–water partition coefficient (Wildman–Crippen LogP) is 4.74. The molecular formula is C23H26BrN3O2S2. The Labute approximate surface area is 196 Å². The van der Waals surface area contributed by atoms with Crippen LogP contribution in [0.3, 0.4) is 0 Å². The molecule has 4 rings (SSSR count). The second kappa shape index (κ2) is 9.83. The SMILES string of the molecule is C[C@H](NS(=O)(=O)c1ccc(Br)cc1)[C@H](c1cccs1)N1CCN(c2ccccc2)CC1. The molecule has 2 aromatic carbocycles. The van der Waals surface area contributed by atoms with Crippen molar-refractivity contribution in [3.8, 4) is 0 Å². The normalized spacial score (nSPS) is 17.4. The first-order valence-electron chi connectivity index (χ1n) is 10.3. The molecule has 1 aliphatic rings. The first-order valence-corrected chi connectivity index (χ1v) is 13.4. The van der Waals surface area contributed by atoms with Gasteiger partial charge in [-0.25, -0.2) is 13.1 Å². The summed E-state index contributed by atoms with van der Waals surface area (Å²) in [6.45, 7) is 5.55. The number of para-hydroxylation sites is 1. The fourth-order valence-corrected chi connectivity index (χ4v) is 6.57. The lowest BCUT2D eigenvalue weighted by molar-refractivity contribution is 0.164. The Morgan fingerprint density at radius 1 is 0.935 bits per heavy atom. The highest BCUT2D eigenvalue weighted by molar-refractivity contribution is 9.10. The van der Waals surface area contributed by atoms with E-state index in [-0.39, 0.29) is 17.0 Å². The lowest BCUT2D eigenvalue weighted by Gasteiger charge is -2.42. The van der Waals surface area contributed by atoms with Gasteiger partial charge >= 0.3 is 0 Å². The second-order valence-electron chi connectivity index (χ2n) is 7.68. The quantitative estimate of drug-likeness (QED) is 0.489. The van der Waals surface area contributed by atoms with Gasteiger partial charge in [-0.15, -0.1) is 11.3 Å². The molecule has 0 aliphatic carbocycles. The number of thiophene rings is 1. The summed E-state index contributed by atoms with van der Waals surface area (Å²) in [5.74, 6) is 0. The van der Waals surface area contributed by atoms with E-state index < -0.39 is 10.0 Å². The van der Waals surface area contributed by atoms with Gasteiger partial charge in [0.2, 0.25) is 10.0 Å². The third-order valence-electron chi connectivity index (χ3n) is 5.60. The summed E-state index contributed by atoms with van der Waals surface area (Å²) in [5.41, 5.74) is 1.24. The largest absolute Gasteiger partial charge is 0.369 e. The van der Waals surface area contributed by atoms with Crippen LogP contribution in [0.2, 0.25) is 0 Å². The van der Waals surface area contributed by atoms with Crippen LogP contribution in [-0.4, -0.2) is 45.5 Å². The number of rotatable bonds is 7. The standard InChI is InChI=1S/C23H26BrN3O2S2/c1-18(25-31(28,29)21-11-9-19(24)10-12-21)23(22-8-5-17-30-22)27-15-13-26(14-16-27)20-6-3-2-4-7-20/h2-12,17-18,23,25H,13-16H2,1H3/t18-,23+/m0/s1. The maximum absolute atomic E-state index is 13.0. The minimum Gasteiger partial charge on any atom is -0.369 e. The van der Waals surface area contributed by atoms with Crippen molar-refractivity contribution >= 4 is 43.0 Å². The number of hydrogen-bond donors (Lipinski definition) is 1. The number of benzene rings is 2. The zero-order valence-corrected chi connectivity index (χ0v) is 20.5. The van der Waals surface area contributed by atoms with Crippen molar-refractivity contribution in [3.63, 3.8) is 0 Å². The van der Waals surface area contributed by atoms with Crippen LogP contribution in [0.25, 0.3) is 0 Å². The molecule has 1 fully saturated rings. The summed E-state index contributed by atoms with van der Waals surface area (Å²) in [6.07, 6.45) is 0. The lowest BCUT2D eigenvalue weighted by Crippen LogP contribution is -2.52. The molecule has 0 radical (unpaired) electrons. The van der Waals surface area contributed by atoms with E-state index in [4.69, 9.17) is 0 Å². The summed E-state index contributed by atoms with van der Waals surface area (Å²) in [7, 11) is -3.61. The molecule has 2 heterocycles. The molecule has 3 aromatic rings. The number of nitrogens with zero attached hydrogens (tertiary/aromatic N) is 2. The highest BCUT2D eigenvalue weighted by Gasteiger charge is 2.32. The smallest absolute Gasteiger partial charge is 0.240 e. The van der Waals surface area contributed by atoms with Crippen LogP contribution >= 0.6 is 27.3 Å². The average Bonchev–Trinajstić information content (AvgIpc) is 3.29. The molecule has 8 heteroatoms. The Bertz CT molecular complexity index is 1070. The maximum Gasteiger partial charge on any atom is 0.240 e. The number of hydrogen-bond acceptors (Lipinski definition) is 5. The van der Waals surface area contributed by atoms with Gasteiger partial charge in [-0.2, -0.15) is 0 Å². The van der Waals surface area contributed by atoms with Crippen LogP contribution in [0.4, 0.5) is 5.69 Å². The number of anilines is 1. The van der Waals surface area contributed by atoms with Gasteiger partial charge in [-0.1, -0.05) is 40.2 Å². The Morgan fingerprint density at radius 3 is 2.23 bits per heavy atom. The molecule has 31 heavy (non-hydrogen) atoms. The fraction of sp³-hybridized carbons (Fsp3) is 0.304. The third-order valence-corrected chi connectivity index (χ3v) is 8.65. The first kappa shape index (κ1) is 22.5. The number of piperazine rings is 1. The topological polar surface area (TPSA) is 52.7 Å². The summed E-state index contributed by atoms with van der Waals surface area (Å²) < 4.78 is 29.8. The summed E-state index contributed by atoms with van der Waals surface area (Å²) in [6, 6.07) is 21.0. The van der Waals surface area contributed by atoms with E-state index in [1.165, 1.54) is 10.6 Å². The number of sulfonamides is 1. The van der Waals surface area contributed by atoms with Crippen LogP contribution in [-0.2, 0) is 10.0 Å². The van der Waals surface area contributed by atoms with Gasteiger partial charge in [0.05, 0.1) is 10.9 Å². The van der Waals surface area contributed by atoms with Crippen LogP contribution in [0, 0.1) is 0 Å². The van der Waals surface area contributed by atoms with E-state index in [1.54, 1.807) is 35.6 Å². The monoisotopic (exact) mass is 519 g/mol. The highest BCUT2D eigenvalue weighted by atomic mass is 79.9. The summed E-state index contributed by atoms with van der Waals surface area (Å²) >= 11 is 5.04. The van der Waals surface area contributed by atoms with Crippen molar-refractivity contribution in [2.75, 3.05) is 31.1 Å². The average molecular weight is 521 g/mol. The zero-order valence-electron chi connectivity index (χ0n) is 17.3. The van der Waals surface area contributed by atoms with E-state index in [0.717, 1.165) is 30.7 Å². The molecule has 2 atom stereocenters. The Balaban J connectivity index is 1.50. The maximum atomic E-state index is 13.0. The van der Waals surface area contributed by atoms with E-state index >= 15 is 0 Å². The van der Waals surface area contributed by atoms with Crippen LogP contribution in [0.5, 0.6) is 0 Å². The molecule has 0 unspecified atom stereocenters. The molecule has 0 amide bonds. The van der Waals surface area contributed by atoms with Crippen molar-refractivity contribution in [3.05, 3.63) is 81.5 Å². The van der Waals surface area contributed by atoms with Crippen molar-refractivity contribution in [2.24, 2.45) is 0 Å². The van der Waals surface area contributed by atoms with Gasteiger partial charge in [0, 0.05) is 47.3 Å². The zero-order chi connectivity index (χ0) is 21.8. The van der Waals surface area contributed by atoms with E-state index in [0.29, 0.717) is 0 Å². The van der Waals surface area contributed by atoms with Crippen molar-refractivity contribution in [2.45, 2.75) is 23.9 Å². The highest BCUT2D eigenvalue weighted by Crippen LogP contribution is 2.31. The van der Waals surface area contributed by atoms with Crippen molar-refractivity contribution in [1.82, 2.24) is 9.62 Å². The molecule has 0 saturated carbocycles. The molecule has 0 bridgehead atoms. The lowest BCUT2D eigenvalue weighted by atomic mass is 10.1. The Morgan fingerprint density at radius 2 is 1.61 bits per heavy atom. The van der Waals surface area contributed by atoms with E-state index in [9.17, 15) is 8.42 Å². The number of halogens is 1. The van der Waals surface area contributed by atoms with Gasteiger partial charge in [0.25, 0.3) is 0 Å². The molecular weight excluding hydrogens is 494 g/mol. The molecule has 1 N–H and O–H groups in total. The summed E-state index contributed by atoms with van der Waals surface area (Å²) in [5, 5.41) is 2.05. The van der Waals surface area contributed by atoms with Crippen LogP contribution in [0.1, 0.15) is 17.8 Å². The number of nitrogens with one attached hydrogen (secondary N) is 1. The molecule has 0 spiro atoms. The van der Waals surface area contributed by atoms with Gasteiger partial charge in [-0.3, -0.25) is 4.90 Å². The Hall–Kier alpha value is -1.71. The minimum absolute atomic E-state index is 0.0110. The van der Waals surface area contributed by atoms with Gasteiger partial charge in [0.15, 0.2) is 0 Å². The van der Waals surface area contributed by atoms with Gasteiger partial charge in [-0.05, 0) is 54.8 Å². The fourth-order valence-electron chi connectivity index (χ4n) is 4.09. The van der Waals surface area contributed by atoms with Crippen LogP contribution in [0.15, 0.2) is 81.5 Å². The predicted molar refractivity (Wildman–Crippen MR) is 131 cm³/mol. The second-order valence-corrected chi connectivity index (χ2v) is 11.3. The third kappa shape index (κ3) is 5.38. The summed E-state index contributed by atoms with van der Waals surface area (Å²) in [4.78, 5) is 6.25. The first-order chi connectivity index (χ1) is 14.9. The van der Waals surface area contributed by atoms with Crippen LogP contribution < -0.4 is 9.62 Å². The Kier molecular flexibility index (Phi) is 7.13. The molecule has 1 aliphatic heterocycles. The molecule has 164 valence electrons. The molecule has 1 saturated heterocycles. The van der Waals surface area contributed by atoms with Gasteiger partial charge < -0.3 is 4.90 Å². The van der Waals surface area contributed by atoms with E-state index in [2.05, 4.69) is 66.2 Å². The molecule has 1 aromatic heterocycles. The van der Waals surface area contributed by atoms with Crippen molar-refractivity contribution < 1.29 is 8.42 Å². The minimum atomic E-state index is -3.61. The van der Waals surface area contributed by atoms with E-state index in [1.807, 2.05) is 19.1 Å². The molecule has 5 nitrogen and oxygen atoms in total. The van der Waals surface area contributed by atoms with Crippen molar-refractivity contribution in [1.29, 1.82) is 0 Å². The van der Waals surface area contributed by atoms with Gasteiger partial charge in [0.1, 0.15) is 0 Å².